The van der Waals surface area contributed by atoms with Gasteiger partial charge in [0.15, 0.2) is 0 Å². The number of imide groups is 1. The number of benzene rings is 1. The van der Waals surface area contributed by atoms with Gasteiger partial charge in [-0.25, -0.2) is 19.3 Å². The van der Waals surface area contributed by atoms with Crippen LogP contribution in [0.4, 0.5) is 15.3 Å². The first-order valence-corrected chi connectivity index (χ1v) is 11.2. The summed E-state index contributed by atoms with van der Waals surface area (Å²) >= 11 is 6.24. The number of halogens is 1. The Hall–Kier alpha value is -3.32. The number of anilines is 1. The highest BCUT2D eigenvalue weighted by Gasteiger charge is 2.63. The van der Waals surface area contributed by atoms with Gasteiger partial charge in [0.2, 0.25) is 0 Å². The summed E-state index contributed by atoms with van der Waals surface area (Å²) in [4.78, 5) is 55.2. The van der Waals surface area contributed by atoms with Crippen molar-refractivity contribution in [3.8, 4) is 6.07 Å². The molecule has 10 nitrogen and oxygen atoms in total. The number of carboxylic acid groups (broad SMARTS) is 1. The number of amides is 5. The van der Waals surface area contributed by atoms with Gasteiger partial charge in [-0.1, -0.05) is 31.9 Å². The molecule has 1 aromatic carbocycles. The Kier molecular flexibility index (Phi) is 5.70. The Morgan fingerprint density at radius 3 is 2.67 bits per heavy atom. The van der Waals surface area contributed by atoms with Gasteiger partial charge >= 0.3 is 18.0 Å². The van der Waals surface area contributed by atoms with Gasteiger partial charge in [-0.15, -0.1) is 0 Å². The van der Waals surface area contributed by atoms with E-state index in [4.69, 9.17) is 16.9 Å². The van der Waals surface area contributed by atoms with E-state index in [2.05, 4.69) is 5.32 Å². The van der Waals surface area contributed by atoms with Crippen LogP contribution in [0.3, 0.4) is 0 Å². The number of piperazine rings is 1. The zero-order chi connectivity index (χ0) is 24.2. The molecule has 0 aliphatic carbocycles. The fourth-order valence-electron chi connectivity index (χ4n) is 5.01. The molecule has 0 aromatic heterocycles. The van der Waals surface area contributed by atoms with E-state index in [1.807, 2.05) is 13.0 Å². The van der Waals surface area contributed by atoms with Crippen molar-refractivity contribution in [2.75, 3.05) is 11.4 Å². The van der Waals surface area contributed by atoms with Gasteiger partial charge in [-0.2, -0.15) is 5.26 Å². The molecule has 2 N–H and O–H groups in total. The summed E-state index contributed by atoms with van der Waals surface area (Å²) in [5, 5.41) is 21.4. The molecule has 33 heavy (non-hydrogen) atoms. The van der Waals surface area contributed by atoms with E-state index in [0.717, 1.165) is 4.90 Å². The zero-order valence-electron chi connectivity index (χ0n) is 18.4. The minimum Gasteiger partial charge on any atom is -0.480 e. The zero-order valence-corrected chi connectivity index (χ0v) is 19.2. The highest BCUT2D eigenvalue weighted by atomic mass is 35.5. The summed E-state index contributed by atoms with van der Waals surface area (Å²) in [5.74, 6) is -1.85. The number of nitrogens with zero attached hydrogens (tertiary/aromatic N) is 4. The van der Waals surface area contributed by atoms with Crippen molar-refractivity contribution in [2.45, 2.75) is 57.8 Å². The number of carbonyl (C=O) groups excluding carboxylic acids is 3. The van der Waals surface area contributed by atoms with Gasteiger partial charge in [-0.3, -0.25) is 4.79 Å². The predicted octanol–water partition coefficient (Wildman–Crippen LogP) is 2.32. The van der Waals surface area contributed by atoms with Crippen molar-refractivity contribution in [3.05, 3.63) is 28.3 Å². The molecule has 0 radical (unpaired) electrons. The first kappa shape index (κ1) is 22.9. The van der Waals surface area contributed by atoms with Crippen molar-refractivity contribution in [1.82, 2.24) is 15.1 Å². The van der Waals surface area contributed by atoms with Crippen molar-refractivity contribution in [1.29, 1.82) is 5.26 Å². The number of likely N-dealkylation sites (tertiary alicyclic amines) is 1. The number of rotatable bonds is 5. The van der Waals surface area contributed by atoms with Gasteiger partial charge in [0.1, 0.15) is 18.2 Å². The molecule has 0 spiro atoms. The lowest BCUT2D eigenvalue weighted by Gasteiger charge is -2.35. The molecule has 5 atom stereocenters. The van der Waals surface area contributed by atoms with Crippen LogP contribution in [0.2, 0.25) is 5.02 Å². The number of fused-ring (bicyclic) bond motifs is 5. The topological polar surface area (TPSA) is 134 Å². The second kappa shape index (κ2) is 8.23. The van der Waals surface area contributed by atoms with Gasteiger partial charge in [-0.05, 0) is 37.0 Å². The third-order valence-electron chi connectivity index (χ3n) is 7.00. The lowest BCUT2D eigenvalue weighted by molar-refractivity contribution is -0.140. The average molecular weight is 474 g/mol. The Labute approximate surface area is 195 Å². The fourth-order valence-corrected chi connectivity index (χ4v) is 5.22. The summed E-state index contributed by atoms with van der Waals surface area (Å²) < 4.78 is 0. The number of hydrogen-bond donors (Lipinski definition) is 2. The van der Waals surface area contributed by atoms with E-state index in [9.17, 15) is 24.3 Å². The highest BCUT2D eigenvalue weighted by molar-refractivity contribution is 6.33. The van der Waals surface area contributed by atoms with Crippen molar-refractivity contribution in [3.63, 3.8) is 0 Å². The van der Waals surface area contributed by atoms with E-state index >= 15 is 0 Å². The van der Waals surface area contributed by atoms with Crippen LogP contribution < -0.4 is 10.2 Å². The lowest BCUT2D eigenvalue weighted by atomic mass is 9.99. The van der Waals surface area contributed by atoms with Gasteiger partial charge in [0.05, 0.1) is 28.4 Å². The maximum absolute atomic E-state index is 13.4. The molecule has 2 bridgehead atoms. The van der Waals surface area contributed by atoms with E-state index in [0.29, 0.717) is 24.1 Å². The largest absolute Gasteiger partial charge is 0.480 e. The SMILES string of the molecule is CC[C@H](C)[C@H](NC(=O)N1C[C@@H]2C[C@H]1[C@H]1C(=O)N(c3ccc(C#N)c(Cl)c3C)C(=O)N21)C(=O)O. The second-order valence-electron chi connectivity index (χ2n) is 8.75. The summed E-state index contributed by atoms with van der Waals surface area (Å²) in [7, 11) is 0. The van der Waals surface area contributed by atoms with Gasteiger partial charge in [0, 0.05) is 6.54 Å². The van der Waals surface area contributed by atoms with E-state index in [1.165, 1.54) is 21.9 Å². The molecular weight excluding hydrogens is 450 g/mol. The number of carbonyl (C=O) groups is 4. The van der Waals surface area contributed by atoms with E-state index < -0.39 is 42.1 Å². The van der Waals surface area contributed by atoms with Crippen molar-refractivity contribution < 1.29 is 24.3 Å². The van der Waals surface area contributed by atoms with Crippen LogP contribution in [0.15, 0.2) is 12.1 Å². The molecule has 11 heteroatoms. The Morgan fingerprint density at radius 2 is 2.06 bits per heavy atom. The molecule has 174 valence electrons. The van der Waals surface area contributed by atoms with Gasteiger partial charge < -0.3 is 20.2 Å². The standard InChI is InChI=1S/C22H24ClN5O5/c1-4-10(2)17(20(30)31)25-21(32)26-9-13-7-15(26)18-19(29)28(22(33)27(13)18)14-6-5-12(8-24)16(23)11(14)3/h5-6,10,13,15,17-18H,4,7,9H2,1-3H3,(H,25,32)(H,30,31)/t10-,13-,15-,17-,18-/m0/s1. The number of hydrogen-bond acceptors (Lipinski definition) is 5. The molecule has 3 saturated heterocycles. The monoisotopic (exact) mass is 473 g/mol. The fraction of sp³-hybridized carbons (Fsp3) is 0.500. The number of carboxylic acids is 1. The summed E-state index contributed by atoms with van der Waals surface area (Å²) in [5.41, 5.74) is 0.995. The molecule has 4 rings (SSSR count). The maximum atomic E-state index is 13.4. The van der Waals surface area contributed by atoms with Crippen LogP contribution in [0, 0.1) is 24.2 Å². The van der Waals surface area contributed by atoms with E-state index in [-0.39, 0.29) is 29.1 Å². The number of urea groups is 2. The van der Waals surface area contributed by atoms with Gasteiger partial charge in [0.25, 0.3) is 5.91 Å². The van der Waals surface area contributed by atoms with Crippen LogP contribution in [0.5, 0.6) is 0 Å². The van der Waals surface area contributed by atoms with Crippen LogP contribution in [0.25, 0.3) is 0 Å². The molecule has 3 fully saturated rings. The molecule has 1 aromatic rings. The molecule has 5 amide bonds. The Morgan fingerprint density at radius 1 is 1.36 bits per heavy atom. The number of nitrogens with one attached hydrogen (secondary N) is 1. The first-order valence-electron chi connectivity index (χ1n) is 10.8. The maximum Gasteiger partial charge on any atom is 0.332 e. The van der Waals surface area contributed by atoms with Crippen LogP contribution in [-0.4, -0.2) is 69.6 Å². The smallest absolute Gasteiger partial charge is 0.332 e. The lowest BCUT2D eigenvalue weighted by Crippen LogP contribution is -2.59. The van der Waals surface area contributed by atoms with Crippen LogP contribution >= 0.6 is 11.6 Å². The Balaban J connectivity index is 1.58. The van der Waals surface area contributed by atoms with Crippen LogP contribution in [0.1, 0.15) is 37.8 Å². The molecule has 3 aliphatic heterocycles. The third kappa shape index (κ3) is 3.38. The molecule has 3 aliphatic rings. The minimum absolute atomic E-state index is 0.177. The summed E-state index contributed by atoms with van der Waals surface area (Å²) in [6, 6.07) is 1.15. The molecule has 0 saturated carbocycles. The van der Waals surface area contributed by atoms with Crippen molar-refractivity contribution >= 4 is 41.2 Å². The predicted molar refractivity (Wildman–Crippen MR) is 118 cm³/mol. The minimum atomic E-state index is -1.12. The molecule has 0 unspecified atom stereocenters. The quantitative estimate of drug-likeness (QED) is 0.630. The highest BCUT2D eigenvalue weighted by Crippen LogP contribution is 2.43. The van der Waals surface area contributed by atoms with Crippen molar-refractivity contribution in [2.24, 2.45) is 5.92 Å². The molecule has 3 heterocycles. The van der Waals surface area contributed by atoms with Crippen LogP contribution in [-0.2, 0) is 9.59 Å². The first-order chi connectivity index (χ1) is 15.6. The summed E-state index contributed by atoms with van der Waals surface area (Å²) in [6.45, 7) is 5.45. The third-order valence-corrected chi connectivity index (χ3v) is 7.49. The average Bonchev–Trinajstić information content (AvgIpc) is 3.45. The van der Waals surface area contributed by atoms with E-state index in [1.54, 1.807) is 13.8 Å². The molecular formula is C22H24ClN5O5. The number of nitriles is 1. The second-order valence-corrected chi connectivity index (χ2v) is 9.13. The Bertz CT molecular complexity index is 1100. The number of aliphatic carboxylic acids is 1. The normalized spacial score (nSPS) is 25.2. The summed E-state index contributed by atoms with van der Waals surface area (Å²) in [6.07, 6.45) is 1.03.